The van der Waals surface area contributed by atoms with Gasteiger partial charge in [-0.3, -0.25) is 4.68 Å². The molecule has 0 unspecified atom stereocenters. The molecule has 0 aliphatic carbocycles. The number of rotatable bonds is 4. The number of nitrogens with zero attached hydrogens (tertiary/aromatic N) is 2. The van der Waals surface area contributed by atoms with Crippen LogP contribution in [0.15, 0.2) is 35.1 Å². The number of ether oxygens (including phenoxy) is 1. The molecule has 100 valence electrons. The van der Waals surface area contributed by atoms with E-state index in [-0.39, 0.29) is 5.82 Å². The summed E-state index contributed by atoms with van der Waals surface area (Å²) in [6, 6.07) is 4.45. The fourth-order valence-corrected chi connectivity index (χ4v) is 2.07. The van der Waals surface area contributed by atoms with Crippen LogP contribution >= 0.6 is 15.9 Å². The van der Waals surface area contributed by atoms with Gasteiger partial charge in [-0.25, -0.2) is 9.18 Å². The number of aromatic nitrogens is 2. The minimum atomic E-state index is -0.396. The number of carbonyl (C=O) groups excluding carboxylic acids is 1. The molecule has 0 N–H and O–H groups in total. The molecule has 0 aliphatic heterocycles. The van der Waals surface area contributed by atoms with E-state index in [9.17, 15) is 9.18 Å². The summed E-state index contributed by atoms with van der Waals surface area (Å²) < 4.78 is 20.1. The first kappa shape index (κ1) is 13.7. The molecule has 4 nitrogen and oxygen atoms in total. The summed E-state index contributed by atoms with van der Waals surface area (Å²) in [5, 5.41) is 4.08. The Hall–Kier alpha value is -1.69. The molecule has 0 bridgehead atoms. The van der Waals surface area contributed by atoms with Crippen LogP contribution in [0.25, 0.3) is 0 Å². The Balaban J connectivity index is 2.13. The van der Waals surface area contributed by atoms with Crippen LogP contribution in [0.5, 0.6) is 0 Å². The van der Waals surface area contributed by atoms with Gasteiger partial charge in [0.15, 0.2) is 0 Å². The van der Waals surface area contributed by atoms with E-state index < -0.39 is 5.97 Å². The zero-order valence-corrected chi connectivity index (χ0v) is 11.9. The van der Waals surface area contributed by atoms with E-state index in [1.165, 1.54) is 18.3 Å². The Morgan fingerprint density at radius 1 is 1.53 bits per heavy atom. The zero-order chi connectivity index (χ0) is 13.8. The summed E-state index contributed by atoms with van der Waals surface area (Å²) in [5.41, 5.74) is 1.28. The topological polar surface area (TPSA) is 44.1 Å². The Bertz CT molecular complexity index is 598. The Labute approximate surface area is 118 Å². The molecule has 0 radical (unpaired) electrons. The largest absolute Gasteiger partial charge is 0.462 e. The fraction of sp³-hybridized carbons (Fsp3) is 0.231. The van der Waals surface area contributed by atoms with Gasteiger partial charge in [0.1, 0.15) is 5.82 Å². The third-order valence-corrected chi connectivity index (χ3v) is 3.23. The molecular formula is C13H12BrFN2O2. The minimum absolute atomic E-state index is 0.302. The lowest BCUT2D eigenvalue weighted by molar-refractivity contribution is 0.0526. The van der Waals surface area contributed by atoms with E-state index in [1.807, 2.05) is 0 Å². The minimum Gasteiger partial charge on any atom is -0.462 e. The highest BCUT2D eigenvalue weighted by Gasteiger charge is 2.10. The molecule has 0 spiro atoms. The third-order valence-electron chi connectivity index (χ3n) is 2.49. The molecule has 0 saturated heterocycles. The monoisotopic (exact) mass is 326 g/mol. The number of benzene rings is 1. The quantitative estimate of drug-likeness (QED) is 0.811. The van der Waals surface area contributed by atoms with E-state index in [1.54, 1.807) is 23.9 Å². The van der Waals surface area contributed by atoms with Crippen molar-refractivity contribution in [3.05, 3.63) is 52.0 Å². The summed E-state index contributed by atoms with van der Waals surface area (Å²) in [6.45, 7) is 2.52. The maximum absolute atomic E-state index is 13.0. The number of hydrogen-bond donors (Lipinski definition) is 0. The molecular weight excluding hydrogens is 315 g/mol. The summed E-state index contributed by atoms with van der Waals surface area (Å²) >= 11 is 3.29. The molecule has 1 aromatic heterocycles. The highest BCUT2D eigenvalue weighted by atomic mass is 79.9. The first-order valence-electron chi connectivity index (χ1n) is 5.73. The predicted octanol–water partition coefficient (Wildman–Crippen LogP) is 3.01. The molecule has 2 rings (SSSR count). The first-order chi connectivity index (χ1) is 9.10. The van der Waals surface area contributed by atoms with E-state index in [4.69, 9.17) is 4.74 Å². The van der Waals surface area contributed by atoms with Crippen molar-refractivity contribution < 1.29 is 13.9 Å². The third kappa shape index (κ3) is 3.41. The van der Waals surface area contributed by atoms with Crippen LogP contribution in [0.4, 0.5) is 4.39 Å². The van der Waals surface area contributed by atoms with Crippen molar-refractivity contribution >= 4 is 21.9 Å². The molecule has 0 atom stereocenters. The standard InChI is InChI=1S/C13H12BrFN2O2/c1-2-19-13(18)10-6-16-17(8-10)7-9-3-4-11(15)5-12(9)14/h3-6,8H,2,7H2,1H3. The molecule has 6 heteroatoms. The van der Waals surface area contributed by atoms with Gasteiger partial charge in [0.2, 0.25) is 0 Å². The highest BCUT2D eigenvalue weighted by molar-refractivity contribution is 9.10. The van der Waals surface area contributed by atoms with E-state index >= 15 is 0 Å². The van der Waals surface area contributed by atoms with Crippen LogP contribution in [-0.2, 0) is 11.3 Å². The van der Waals surface area contributed by atoms with Gasteiger partial charge in [-0.1, -0.05) is 22.0 Å². The maximum atomic E-state index is 13.0. The van der Waals surface area contributed by atoms with Crippen molar-refractivity contribution in [2.75, 3.05) is 6.61 Å². The SMILES string of the molecule is CCOC(=O)c1cnn(Cc2ccc(F)cc2Br)c1. The smallest absolute Gasteiger partial charge is 0.341 e. The van der Waals surface area contributed by atoms with Crippen molar-refractivity contribution in [3.63, 3.8) is 0 Å². The average molecular weight is 327 g/mol. The Morgan fingerprint density at radius 2 is 2.32 bits per heavy atom. The Morgan fingerprint density at radius 3 is 3.00 bits per heavy atom. The summed E-state index contributed by atoms with van der Waals surface area (Å²) in [6.07, 6.45) is 3.06. The van der Waals surface area contributed by atoms with Gasteiger partial charge in [-0.2, -0.15) is 5.10 Å². The highest BCUT2D eigenvalue weighted by Crippen LogP contribution is 2.19. The molecule has 0 amide bonds. The number of halogens is 2. The lowest BCUT2D eigenvalue weighted by atomic mass is 10.2. The van der Waals surface area contributed by atoms with E-state index in [0.29, 0.717) is 23.2 Å². The van der Waals surface area contributed by atoms with E-state index in [0.717, 1.165) is 5.56 Å². The zero-order valence-electron chi connectivity index (χ0n) is 10.3. The van der Waals surface area contributed by atoms with Gasteiger partial charge >= 0.3 is 5.97 Å². The van der Waals surface area contributed by atoms with Crippen molar-refractivity contribution in [2.24, 2.45) is 0 Å². The molecule has 0 aliphatic rings. The van der Waals surface area contributed by atoms with Crippen molar-refractivity contribution in [1.29, 1.82) is 0 Å². The summed E-state index contributed by atoms with van der Waals surface area (Å²) in [4.78, 5) is 11.5. The van der Waals surface area contributed by atoms with Crippen LogP contribution < -0.4 is 0 Å². The average Bonchev–Trinajstić information content (AvgIpc) is 2.82. The maximum Gasteiger partial charge on any atom is 0.341 e. The predicted molar refractivity (Wildman–Crippen MR) is 71.4 cm³/mol. The molecule has 1 aromatic carbocycles. The molecule has 0 fully saturated rings. The van der Waals surface area contributed by atoms with Crippen LogP contribution in [0.1, 0.15) is 22.8 Å². The molecule has 1 heterocycles. The molecule has 0 saturated carbocycles. The summed E-state index contributed by atoms with van der Waals surface area (Å²) in [7, 11) is 0. The Kier molecular flexibility index (Phi) is 4.31. The van der Waals surface area contributed by atoms with Crippen LogP contribution in [0, 0.1) is 5.82 Å². The van der Waals surface area contributed by atoms with E-state index in [2.05, 4.69) is 21.0 Å². The van der Waals surface area contributed by atoms with Gasteiger partial charge in [0.05, 0.1) is 24.9 Å². The summed E-state index contributed by atoms with van der Waals surface area (Å²) in [5.74, 6) is -0.699. The van der Waals surface area contributed by atoms with Gasteiger partial charge in [0.25, 0.3) is 0 Å². The van der Waals surface area contributed by atoms with Gasteiger partial charge in [0, 0.05) is 10.7 Å². The van der Waals surface area contributed by atoms with Crippen molar-refractivity contribution in [2.45, 2.75) is 13.5 Å². The lowest BCUT2D eigenvalue weighted by Gasteiger charge is -2.04. The van der Waals surface area contributed by atoms with Gasteiger partial charge < -0.3 is 4.74 Å². The molecule has 2 aromatic rings. The van der Waals surface area contributed by atoms with Gasteiger partial charge in [-0.05, 0) is 24.6 Å². The van der Waals surface area contributed by atoms with Crippen LogP contribution in [0.3, 0.4) is 0 Å². The van der Waals surface area contributed by atoms with Crippen molar-refractivity contribution in [1.82, 2.24) is 9.78 Å². The fourth-order valence-electron chi connectivity index (χ4n) is 1.59. The second-order valence-electron chi connectivity index (χ2n) is 3.88. The lowest BCUT2D eigenvalue weighted by Crippen LogP contribution is -2.04. The normalized spacial score (nSPS) is 10.5. The number of carbonyl (C=O) groups is 1. The second kappa shape index (κ2) is 5.97. The number of esters is 1. The number of hydrogen-bond acceptors (Lipinski definition) is 3. The van der Waals surface area contributed by atoms with Crippen LogP contribution in [0.2, 0.25) is 0 Å². The second-order valence-corrected chi connectivity index (χ2v) is 4.74. The first-order valence-corrected chi connectivity index (χ1v) is 6.53. The van der Waals surface area contributed by atoms with Crippen molar-refractivity contribution in [3.8, 4) is 0 Å². The van der Waals surface area contributed by atoms with Crippen LogP contribution in [-0.4, -0.2) is 22.4 Å². The molecule has 19 heavy (non-hydrogen) atoms. The van der Waals surface area contributed by atoms with Gasteiger partial charge in [-0.15, -0.1) is 0 Å².